The first-order chi connectivity index (χ1) is 10.5. The third kappa shape index (κ3) is 5.83. The maximum absolute atomic E-state index is 11.4. The van der Waals surface area contributed by atoms with Gasteiger partial charge in [-0.15, -0.1) is 18.3 Å². The number of hydrogen-bond donors (Lipinski definition) is 2. The zero-order valence-electron chi connectivity index (χ0n) is 13.6. The van der Waals surface area contributed by atoms with E-state index in [1.807, 2.05) is 38.2 Å². The molecule has 0 aliphatic heterocycles. The lowest BCUT2D eigenvalue weighted by atomic mass is 10.1. The summed E-state index contributed by atoms with van der Waals surface area (Å²) in [5.74, 6) is 0. The number of anilines is 1. The highest BCUT2D eigenvalue weighted by atomic mass is 32.2. The number of hydrogen-bond acceptors (Lipinski definition) is 4. The van der Waals surface area contributed by atoms with Crippen molar-refractivity contribution in [1.29, 1.82) is 0 Å². The maximum Gasteiger partial charge on any atom is 0.214 e. The van der Waals surface area contributed by atoms with E-state index in [2.05, 4.69) is 11.9 Å². The minimum atomic E-state index is -0.447. The van der Waals surface area contributed by atoms with Crippen molar-refractivity contribution >= 4 is 23.9 Å². The van der Waals surface area contributed by atoms with Gasteiger partial charge < -0.3 is 15.3 Å². The van der Waals surface area contributed by atoms with Gasteiger partial charge in [0.25, 0.3) is 0 Å². The van der Waals surface area contributed by atoms with E-state index in [9.17, 15) is 9.90 Å². The second kappa shape index (κ2) is 9.66. The first-order valence-electron chi connectivity index (χ1n) is 7.44. The largest absolute Gasteiger partial charge is 0.392 e. The summed E-state index contributed by atoms with van der Waals surface area (Å²) in [6.07, 6.45) is 1.15. The van der Waals surface area contributed by atoms with Crippen molar-refractivity contribution in [2.45, 2.75) is 36.5 Å². The van der Waals surface area contributed by atoms with Crippen molar-refractivity contribution in [3.63, 3.8) is 0 Å². The van der Waals surface area contributed by atoms with Crippen LogP contribution < -0.4 is 10.2 Å². The normalized spacial score (nSPS) is 13.5. The number of benzene rings is 1. The van der Waals surface area contributed by atoms with Crippen LogP contribution in [0.25, 0.3) is 0 Å². The lowest BCUT2D eigenvalue weighted by Crippen LogP contribution is -2.30. The molecule has 1 amide bonds. The molecule has 2 atom stereocenters. The number of aliphatic hydroxyl groups is 1. The molecule has 1 rings (SSSR count). The lowest BCUT2D eigenvalue weighted by molar-refractivity contribution is -0.107. The highest BCUT2D eigenvalue weighted by Crippen LogP contribution is 2.35. The van der Waals surface area contributed by atoms with Crippen molar-refractivity contribution in [3.8, 4) is 0 Å². The highest BCUT2D eigenvalue weighted by molar-refractivity contribution is 8.00. The zero-order valence-corrected chi connectivity index (χ0v) is 14.4. The van der Waals surface area contributed by atoms with Crippen LogP contribution in [0, 0.1) is 0 Å². The number of para-hydroxylation sites is 1. The number of carbonyl (C=O) groups excluding carboxylic acids is 1. The average molecular weight is 322 g/mol. The topological polar surface area (TPSA) is 52.6 Å². The highest BCUT2D eigenvalue weighted by Gasteiger charge is 2.19. The third-order valence-electron chi connectivity index (χ3n) is 3.27. The smallest absolute Gasteiger partial charge is 0.214 e. The number of nitrogens with one attached hydrogen (secondary N) is 1. The molecule has 0 spiro atoms. The minimum Gasteiger partial charge on any atom is -0.392 e. The van der Waals surface area contributed by atoms with Crippen molar-refractivity contribution in [1.82, 2.24) is 5.32 Å². The van der Waals surface area contributed by atoms with E-state index >= 15 is 0 Å². The molecule has 1 aromatic carbocycles. The van der Waals surface area contributed by atoms with Crippen molar-refractivity contribution in [2.75, 3.05) is 25.0 Å². The Hall–Kier alpha value is -1.30. The number of amides is 1. The fraction of sp³-hybridized carbons (Fsp3) is 0.471. The van der Waals surface area contributed by atoms with E-state index in [1.165, 1.54) is 0 Å². The summed E-state index contributed by atoms with van der Waals surface area (Å²) >= 11 is 1.60. The molecule has 22 heavy (non-hydrogen) atoms. The number of allylic oxidation sites excluding steroid dienone is 1. The lowest BCUT2D eigenvalue weighted by Gasteiger charge is -2.24. The van der Waals surface area contributed by atoms with E-state index in [1.54, 1.807) is 23.6 Å². The van der Waals surface area contributed by atoms with E-state index in [4.69, 9.17) is 0 Å². The monoisotopic (exact) mass is 322 g/mol. The van der Waals surface area contributed by atoms with Crippen LogP contribution in [0.4, 0.5) is 5.69 Å². The molecule has 0 aliphatic carbocycles. The Morgan fingerprint density at radius 1 is 1.50 bits per heavy atom. The summed E-state index contributed by atoms with van der Waals surface area (Å²) in [6, 6.07) is 7.80. The van der Waals surface area contributed by atoms with Crippen LogP contribution in [0.5, 0.6) is 0 Å². The maximum atomic E-state index is 11.4. The predicted molar refractivity (Wildman–Crippen MR) is 94.5 cm³/mol. The summed E-state index contributed by atoms with van der Waals surface area (Å²) in [5, 5.41) is 13.1. The minimum absolute atomic E-state index is 0.0245. The summed E-state index contributed by atoms with van der Waals surface area (Å²) in [7, 11) is 1.86. The SMILES string of the molecule is C=C(C)CC(Sc1ccccc1N(C=O)CCNC)C(C)O. The average Bonchev–Trinajstić information content (AvgIpc) is 2.48. The van der Waals surface area contributed by atoms with Gasteiger partial charge in [-0.25, -0.2) is 0 Å². The van der Waals surface area contributed by atoms with Crippen LogP contribution >= 0.6 is 11.8 Å². The fourth-order valence-electron chi connectivity index (χ4n) is 2.07. The Labute approximate surface area is 137 Å². The molecule has 0 saturated heterocycles. The van der Waals surface area contributed by atoms with Crippen LogP contribution in [0.1, 0.15) is 20.3 Å². The number of carbonyl (C=O) groups is 1. The Morgan fingerprint density at radius 3 is 2.73 bits per heavy atom. The second-order valence-electron chi connectivity index (χ2n) is 5.43. The fourth-order valence-corrected chi connectivity index (χ4v) is 3.43. The van der Waals surface area contributed by atoms with Gasteiger partial charge in [-0.3, -0.25) is 4.79 Å². The number of nitrogens with zero attached hydrogens (tertiary/aromatic N) is 1. The van der Waals surface area contributed by atoms with Crippen LogP contribution in [-0.4, -0.2) is 43.0 Å². The van der Waals surface area contributed by atoms with Gasteiger partial charge in [0.1, 0.15) is 0 Å². The van der Waals surface area contributed by atoms with Gasteiger partial charge in [-0.1, -0.05) is 17.7 Å². The predicted octanol–water partition coefficient (Wildman–Crippen LogP) is 2.68. The molecule has 2 unspecified atom stereocenters. The Balaban J connectivity index is 2.98. The van der Waals surface area contributed by atoms with Crippen molar-refractivity contribution in [2.24, 2.45) is 0 Å². The molecule has 122 valence electrons. The summed E-state index contributed by atoms with van der Waals surface area (Å²) in [6.45, 7) is 9.03. The molecule has 1 aromatic rings. The van der Waals surface area contributed by atoms with Gasteiger partial charge >= 0.3 is 0 Å². The molecule has 4 nitrogen and oxygen atoms in total. The van der Waals surface area contributed by atoms with Crippen LogP contribution in [0.2, 0.25) is 0 Å². The Morgan fingerprint density at radius 2 is 2.18 bits per heavy atom. The molecular weight excluding hydrogens is 296 g/mol. The van der Waals surface area contributed by atoms with Crippen LogP contribution in [0.3, 0.4) is 0 Å². The van der Waals surface area contributed by atoms with Crippen molar-refractivity contribution in [3.05, 3.63) is 36.4 Å². The number of rotatable bonds is 10. The van der Waals surface area contributed by atoms with E-state index in [0.717, 1.165) is 35.5 Å². The first-order valence-corrected chi connectivity index (χ1v) is 8.32. The van der Waals surface area contributed by atoms with Crippen LogP contribution in [0.15, 0.2) is 41.3 Å². The molecule has 0 aliphatic rings. The van der Waals surface area contributed by atoms with E-state index < -0.39 is 6.10 Å². The van der Waals surface area contributed by atoms with Gasteiger partial charge in [-0.2, -0.15) is 0 Å². The Bertz CT molecular complexity index is 491. The summed E-state index contributed by atoms with van der Waals surface area (Å²) < 4.78 is 0. The van der Waals surface area contributed by atoms with Gasteiger partial charge in [0, 0.05) is 23.2 Å². The second-order valence-corrected chi connectivity index (χ2v) is 6.71. The molecule has 0 radical (unpaired) electrons. The number of likely N-dealkylation sites (N-methyl/N-ethyl adjacent to an activating group) is 1. The standard InChI is InChI=1S/C17H26N2O2S/c1-13(2)11-17(14(3)21)22-16-8-6-5-7-15(16)19(12-20)10-9-18-4/h5-8,12,14,17-18,21H,1,9-11H2,2-4H3. The van der Waals surface area contributed by atoms with E-state index in [-0.39, 0.29) is 5.25 Å². The molecule has 0 fully saturated rings. The molecule has 5 heteroatoms. The molecule has 0 bridgehead atoms. The molecule has 2 N–H and O–H groups in total. The van der Waals surface area contributed by atoms with Gasteiger partial charge in [0.05, 0.1) is 11.8 Å². The first kappa shape index (κ1) is 18.7. The summed E-state index contributed by atoms with van der Waals surface area (Å²) in [5.41, 5.74) is 1.92. The molecular formula is C17H26N2O2S. The molecule has 0 saturated carbocycles. The van der Waals surface area contributed by atoms with Crippen molar-refractivity contribution < 1.29 is 9.90 Å². The van der Waals surface area contributed by atoms with Gasteiger partial charge in [0.15, 0.2) is 0 Å². The third-order valence-corrected chi connectivity index (χ3v) is 4.73. The number of aliphatic hydroxyl groups excluding tert-OH is 1. The quantitative estimate of drug-likeness (QED) is 0.395. The van der Waals surface area contributed by atoms with Gasteiger partial charge in [0.2, 0.25) is 6.41 Å². The molecule has 0 aromatic heterocycles. The van der Waals surface area contributed by atoms with Gasteiger partial charge in [-0.05, 0) is 39.4 Å². The van der Waals surface area contributed by atoms with Crippen LogP contribution in [-0.2, 0) is 4.79 Å². The Kier molecular flexibility index (Phi) is 8.24. The summed E-state index contributed by atoms with van der Waals surface area (Å²) in [4.78, 5) is 14.1. The number of thioether (sulfide) groups is 1. The van der Waals surface area contributed by atoms with E-state index in [0.29, 0.717) is 6.54 Å². The molecule has 0 heterocycles. The zero-order chi connectivity index (χ0) is 16.5.